The zero-order valence-corrected chi connectivity index (χ0v) is 43.2. The lowest BCUT2D eigenvalue weighted by Crippen LogP contribution is -2.26. The summed E-state index contributed by atoms with van der Waals surface area (Å²) in [6.07, 6.45) is 42.0. The summed E-state index contributed by atoms with van der Waals surface area (Å²) in [4.78, 5) is 25.8. The van der Waals surface area contributed by atoms with Crippen LogP contribution >= 0.6 is 0 Å². The van der Waals surface area contributed by atoms with Crippen molar-refractivity contribution in [2.24, 2.45) is 0 Å². The Morgan fingerprint density at radius 1 is 0.469 bits per heavy atom. The number of ether oxygens (including phenoxy) is 3. The third kappa shape index (κ3) is 22.3. The fourth-order valence-electron chi connectivity index (χ4n) is 8.23. The Balaban J connectivity index is 1.59. The van der Waals surface area contributed by atoms with Gasteiger partial charge in [-0.15, -0.1) is 0 Å². The third-order valence-corrected chi connectivity index (χ3v) is 13.0. The first kappa shape index (κ1) is 56.2. The molecular weight excluding hydrogens is 789 g/mol. The molecule has 1 aliphatic carbocycles. The predicted octanol–water partition coefficient (Wildman–Crippen LogP) is 17.1. The summed E-state index contributed by atoms with van der Waals surface area (Å²) in [5.74, 6) is -0.622. The Labute approximate surface area is 392 Å². The molecule has 2 unspecified atom stereocenters. The summed E-state index contributed by atoms with van der Waals surface area (Å²) in [5.41, 5.74) is 13.9. The minimum atomic E-state index is -0.296. The lowest BCUT2D eigenvalue weighted by molar-refractivity contribution is -0.121. The Morgan fingerprint density at radius 3 is 1.05 bits per heavy atom. The highest BCUT2D eigenvalue weighted by molar-refractivity contribution is 6.23. The van der Waals surface area contributed by atoms with Gasteiger partial charge in [0.05, 0.1) is 25.9 Å². The van der Waals surface area contributed by atoms with Gasteiger partial charge in [0, 0.05) is 17.6 Å². The van der Waals surface area contributed by atoms with E-state index in [-0.39, 0.29) is 34.8 Å². The molecule has 1 heterocycles. The first-order valence-electron chi connectivity index (χ1n) is 24.6. The van der Waals surface area contributed by atoms with Crippen LogP contribution in [-0.2, 0) is 23.8 Å². The first-order valence-corrected chi connectivity index (χ1v) is 24.6. The molecule has 0 aromatic heterocycles. The molecule has 0 bridgehead atoms. The lowest BCUT2D eigenvalue weighted by Gasteiger charge is -2.20. The Hall–Kier alpha value is -3.96. The molecule has 0 aromatic carbocycles. The van der Waals surface area contributed by atoms with E-state index in [4.69, 9.17) is 14.2 Å². The van der Waals surface area contributed by atoms with Gasteiger partial charge in [0.15, 0.2) is 0 Å². The topological polar surface area (TPSA) is 65.1 Å². The van der Waals surface area contributed by atoms with E-state index in [9.17, 15) is 9.59 Å². The summed E-state index contributed by atoms with van der Waals surface area (Å²) in [5, 5.41) is 0. The molecule has 0 radical (unpaired) electrons. The van der Waals surface area contributed by atoms with Gasteiger partial charge in [-0.05, 0) is 199 Å². The van der Waals surface area contributed by atoms with Crippen LogP contribution in [0.5, 0.6) is 0 Å². The van der Waals surface area contributed by atoms with Crippen LogP contribution in [0.1, 0.15) is 205 Å². The van der Waals surface area contributed by atoms with Gasteiger partial charge in [0.25, 0.3) is 0 Å². The maximum Gasteiger partial charge on any atom is 0.228 e. The minimum absolute atomic E-state index is 0.0194. The third-order valence-electron chi connectivity index (χ3n) is 13.0. The molecule has 1 fully saturated rings. The first-order chi connectivity index (χ1) is 30.4. The van der Waals surface area contributed by atoms with Crippen molar-refractivity contribution in [3.8, 4) is 0 Å². The molecule has 0 saturated carbocycles. The average molecular weight is 879 g/mol. The molecule has 2 rings (SSSR count). The minimum Gasteiger partial charge on any atom is -0.489 e. The fraction of sp³-hybridized carbons (Fsp3) is 0.593. The van der Waals surface area contributed by atoms with E-state index in [2.05, 4.69) is 131 Å². The molecule has 356 valence electrons. The molecule has 5 nitrogen and oxygen atoms in total. The number of methoxy groups -OCH3 is 2. The van der Waals surface area contributed by atoms with E-state index in [1.807, 2.05) is 0 Å². The number of allylic oxidation sites excluding steroid dienone is 20. The molecule has 64 heavy (non-hydrogen) atoms. The summed E-state index contributed by atoms with van der Waals surface area (Å²) in [7, 11) is 2.77. The number of ketones is 2. The Bertz CT molecular complexity index is 1890. The van der Waals surface area contributed by atoms with Crippen LogP contribution in [0.4, 0.5) is 0 Å². The van der Waals surface area contributed by atoms with Gasteiger partial charge in [-0.2, -0.15) is 0 Å². The van der Waals surface area contributed by atoms with Gasteiger partial charge >= 0.3 is 0 Å². The molecule has 1 aliphatic heterocycles. The maximum atomic E-state index is 13.0. The van der Waals surface area contributed by atoms with Crippen molar-refractivity contribution >= 4 is 11.6 Å². The van der Waals surface area contributed by atoms with Crippen LogP contribution in [0.2, 0.25) is 0 Å². The van der Waals surface area contributed by atoms with E-state index in [1.54, 1.807) is 6.92 Å². The van der Waals surface area contributed by atoms with E-state index in [0.717, 1.165) is 96.3 Å². The van der Waals surface area contributed by atoms with E-state index in [0.29, 0.717) is 17.6 Å². The average Bonchev–Trinajstić information content (AvgIpc) is 3.88. The number of rotatable bonds is 31. The zero-order valence-electron chi connectivity index (χ0n) is 43.2. The van der Waals surface area contributed by atoms with Crippen molar-refractivity contribution in [3.05, 3.63) is 128 Å². The molecule has 2 atom stereocenters. The number of Topliss-reactive ketones (excluding diaryl/α,β-unsaturated/α-hetero) is 2. The number of hydrogen-bond acceptors (Lipinski definition) is 5. The second-order valence-corrected chi connectivity index (χ2v) is 19.5. The van der Waals surface area contributed by atoms with Crippen LogP contribution in [0.25, 0.3) is 0 Å². The monoisotopic (exact) mass is 879 g/mol. The van der Waals surface area contributed by atoms with Crippen molar-refractivity contribution in [3.63, 3.8) is 0 Å². The summed E-state index contributed by atoms with van der Waals surface area (Å²) in [6.45, 7) is 26.3. The van der Waals surface area contributed by atoms with Gasteiger partial charge < -0.3 is 14.2 Å². The van der Waals surface area contributed by atoms with E-state index >= 15 is 0 Å². The van der Waals surface area contributed by atoms with E-state index < -0.39 is 0 Å². The quantitative estimate of drug-likeness (QED) is 0.0394. The second kappa shape index (κ2) is 30.3. The maximum absolute atomic E-state index is 13.0. The molecule has 0 N–H and O–H groups in total. The summed E-state index contributed by atoms with van der Waals surface area (Å²) < 4.78 is 16.5. The molecular formula is C59H90O5. The normalized spacial score (nSPS) is 19.9. The van der Waals surface area contributed by atoms with Crippen molar-refractivity contribution in [2.75, 3.05) is 14.2 Å². The number of carbonyl (C=O) groups is 2. The van der Waals surface area contributed by atoms with Crippen molar-refractivity contribution in [1.29, 1.82) is 0 Å². The molecule has 2 aliphatic rings. The smallest absolute Gasteiger partial charge is 0.228 e. The van der Waals surface area contributed by atoms with Crippen molar-refractivity contribution in [2.45, 2.75) is 217 Å². The number of carbonyl (C=O) groups excluding carboxylic acids is 2. The summed E-state index contributed by atoms with van der Waals surface area (Å²) in [6, 6.07) is 0. The van der Waals surface area contributed by atoms with Gasteiger partial charge in [-0.25, -0.2) is 0 Å². The second-order valence-electron chi connectivity index (χ2n) is 19.5. The Kier molecular flexibility index (Phi) is 26.6. The highest BCUT2D eigenvalue weighted by Crippen LogP contribution is 2.45. The Morgan fingerprint density at radius 2 is 0.750 bits per heavy atom. The van der Waals surface area contributed by atoms with Gasteiger partial charge in [0.1, 0.15) is 0 Å². The summed E-state index contributed by atoms with van der Waals surface area (Å²) >= 11 is 0. The van der Waals surface area contributed by atoms with Crippen LogP contribution in [0.15, 0.2) is 128 Å². The SMILES string of the molecule is COC1=C(OC)C(=O)C(CC2OC2(C)CC/C=C(\C)CC/C=C(\C)CC/C=C(\C)CC/C=C(\C)CC/C=C(\C)CC/C=C(\C)CC/C=C(\C)CC/C=C(\C)CCC=C(C)C)=C(C)C1=O. The van der Waals surface area contributed by atoms with E-state index in [1.165, 1.54) is 83.6 Å². The molecule has 0 amide bonds. The predicted molar refractivity (Wildman–Crippen MR) is 274 cm³/mol. The van der Waals surface area contributed by atoms with Crippen molar-refractivity contribution < 1.29 is 23.8 Å². The zero-order chi connectivity index (χ0) is 47.7. The van der Waals surface area contributed by atoms with Gasteiger partial charge in [-0.3, -0.25) is 9.59 Å². The molecule has 0 spiro atoms. The van der Waals surface area contributed by atoms with Crippen LogP contribution in [-0.4, -0.2) is 37.5 Å². The van der Waals surface area contributed by atoms with Crippen LogP contribution < -0.4 is 0 Å². The van der Waals surface area contributed by atoms with Gasteiger partial charge in [-0.1, -0.05) is 105 Å². The standard InChI is InChI=1S/C59H90O5/c1-43(2)24-15-25-44(3)26-16-27-45(4)28-17-29-46(5)30-18-31-47(6)32-19-33-48(7)34-20-35-49(8)36-21-37-50(9)38-22-39-51(10)40-23-41-59(12)54(64-59)42-53-52(11)55(60)57(62-13)58(63-14)56(53)61/h24,26,28,30,32,34,36,38,40,54H,15-23,25,27,29,31,33,35,37,39,41-42H2,1-14H3/b44-26+,45-28+,46-30+,47-32+,48-34+,49-36+,50-38+,51-40+. The molecule has 0 aromatic rings. The largest absolute Gasteiger partial charge is 0.489 e. The number of hydrogen-bond donors (Lipinski definition) is 0. The molecule has 5 heteroatoms. The van der Waals surface area contributed by atoms with Crippen LogP contribution in [0, 0.1) is 0 Å². The highest BCUT2D eigenvalue weighted by Gasteiger charge is 2.52. The van der Waals surface area contributed by atoms with Crippen LogP contribution in [0.3, 0.4) is 0 Å². The number of epoxide rings is 1. The molecule has 1 saturated heterocycles. The van der Waals surface area contributed by atoms with Gasteiger partial charge in [0.2, 0.25) is 23.1 Å². The highest BCUT2D eigenvalue weighted by atomic mass is 16.6. The lowest BCUT2D eigenvalue weighted by atomic mass is 9.87. The van der Waals surface area contributed by atoms with Crippen molar-refractivity contribution in [1.82, 2.24) is 0 Å². The fourth-order valence-corrected chi connectivity index (χ4v) is 8.23.